The van der Waals surface area contributed by atoms with Crippen LogP contribution >= 0.6 is 11.6 Å². The molecule has 1 aromatic carbocycles. The summed E-state index contributed by atoms with van der Waals surface area (Å²) in [5.74, 6) is -0.00355. The first-order valence-corrected chi connectivity index (χ1v) is 7.98. The average Bonchev–Trinajstić information content (AvgIpc) is 3.09. The topological polar surface area (TPSA) is 36.3 Å². The molecule has 2 aliphatic rings. The first kappa shape index (κ1) is 13.6. The third kappa shape index (κ3) is 2.08. The van der Waals surface area contributed by atoms with Crippen molar-refractivity contribution in [2.24, 2.45) is 5.92 Å². The standard InChI is InChI=1S/C16H19ClN2O2/c1-11-6-7-12(10-16(11)20-8-9-21-16)19-14-5-3-2-4-13(14)15(17)18-19/h2-5,11-12H,6-10H2,1H3/t11?,12-/m0/s1. The maximum absolute atomic E-state index is 6.28. The lowest BCUT2D eigenvalue weighted by atomic mass is 9.81. The Morgan fingerprint density at radius 2 is 2.00 bits per heavy atom. The Bertz CT molecular complexity index is 663. The molecule has 2 aromatic rings. The number of rotatable bonds is 1. The number of para-hydroxylation sites is 1. The maximum Gasteiger partial charge on any atom is 0.173 e. The fourth-order valence-electron chi connectivity index (χ4n) is 3.70. The van der Waals surface area contributed by atoms with Crippen LogP contribution in [0.3, 0.4) is 0 Å². The highest BCUT2D eigenvalue weighted by molar-refractivity contribution is 6.34. The molecule has 1 aliphatic carbocycles. The van der Waals surface area contributed by atoms with Crippen molar-refractivity contribution in [1.29, 1.82) is 0 Å². The van der Waals surface area contributed by atoms with E-state index in [1.54, 1.807) is 0 Å². The fourth-order valence-corrected chi connectivity index (χ4v) is 3.95. The quantitative estimate of drug-likeness (QED) is 0.804. The van der Waals surface area contributed by atoms with E-state index >= 15 is 0 Å². The van der Waals surface area contributed by atoms with Gasteiger partial charge in [0.1, 0.15) is 0 Å². The number of halogens is 1. The molecule has 2 atom stereocenters. The van der Waals surface area contributed by atoms with Crippen molar-refractivity contribution >= 4 is 22.5 Å². The summed E-state index contributed by atoms with van der Waals surface area (Å²) in [5, 5.41) is 6.15. The molecule has 1 saturated carbocycles. The van der Waals surface area contributed by atoms with Crippen LogP contribution in [-0.4, -0.2) is 28.8 Å². The highest BCUT2D eigenvalue weighted by Crippen LogP contribution is 2.45. The van der Waals surface area contributed by atoms with Gasteiger partial charge in [0, 0.05) is 17.7 Å². The zero-order valence-corrected chi connectivity index (χ0v) is 12.8. The number of aromatic nitrogens is 2. The van der Waals surface area contributed by atoms with Gasteiger partial charge in [-0.25, -0.2) is 0 Å². The second kappa shape index (κ2) is 4.97. The molecule has 2 heterocycles. The maximum atomic E-state index is 6.28. The van der Waals surface area contributed by atoms with Crippen LogP contribution in [0.2, 0.25) is 5.15 Å². The second-order valence-corrected chi connectivity index (χ2v) is 6.46. The Morgan fingerprint density at radius 3 is 2.81 bits per heavy atom. The molecule has 1 saturated heterocycles. The number of benzene rings is 1. The van der Waals surface area contributed by atoms with Crippen LogP contribution in [0.4, 0.5) is 0 Å². The Labute approximate surface area is 129 Å². The highest BCUT2D eigenvalue weighted by atomic mass is 35.5. The number of hydrogen-bond donors (Lipinski definition) is 0. The molecule has 1 unspecified atom stereocenters. The third-order valence-electron chi connectivity index (χ3n) is 4.89. The predicted molar refractivity (Wildman–Crippen MR) is 81.4 cm³/mol. The molecule has 1 aromatic heterocycles. The summed E-state index contributed by atoms with van der Waals surface area (Å²) < 4.78 is 14.0. The molecule has 1 aliphatic heterocycles. The van der Waals surface area contributed by atoms with Crippen LogP contribution in [0.25, 0.3) is 10.9 Å². The molecule has 0 N–H and O–H groups in total. The first-order valence-electron chi connectivity index (χ1n) is 7.60. The fraction of sp³-hybridized carbons (Fsp3) is 0.562. The third-order valence-corrected chi connectivity index (χ3v) is 5.17. The van der Waals surface area contributed by atoms with Crippen molar-refractivity contribution < 1.29 is 9.47 Å². The second-order valence-electron chi connectivity index (χ2n) is 6.10. The molecule has 5 heteroatoms. The van der Waals surface area contributed by atoms with Gasteiger partial charge in [0.15, 0.2) is 10.9 Å². The van der Waals surface area contributed by atoms with Crippen LogP contribution in [0.15, 0.2) is 24.3 Å². The Hall–Kier alpha value is -1.10. The van der Waals surface area contributed by atoms with E-state index in [4.69, 9.17) is 21.1 Å². The van der Waals surface area contributed by atoms with Crippen LogP contribution in [0.5, 0.6) is 0 Å². The Kier molecular flexibility index (Phi) is 3.21. The summed E-state index contributed by atoms with van der Waals surface area (Å²) in [5.41, 5.74) is 1.09. The van der Waals surface area contributed by atoms with Crippen molar-refractivity contribution in [3.8, 4) is 0 Å². The smallest absolute Gasteiger partial charge is 0.173 e. The van der Waals surface area contributed by atoms with Gasteiger partial charge >= 0.3 is 0 Å². The van der Waals surface area contributed by atoms with Gasteiger partial charge in [-0.1, -0.05) is 30.7 Å². The van der Waals surface area contributed by atoms with E-state index in [9.17, 15) is 0 Å². The van der Waals surface area contributed by atoms with Gasteiger partial charge in [-0.05, 0) is 25.0 Å². The number of nitrogens with zero attached hydrogens (tertiary/aromatic N) is 2. The van der Waals surface area contributed by atoms with Gasteiger partial charge in [0.05, 0.1) is 24.8 Å². The molecule has 4 nitrogen and oxygen atoms in total. The van der Waals surface area contributed by atoms with Crippen LogP contribution in [0, 0.1) is 5.92 Å². The van der Waals surface area contributed by atoms with Gasteiger partial charge in [-0.2, -0.15) is 5.10 Å². The monoisotopic (exact) mass is 306 g/mol. The van der Waals surface area contributed by atoms with Crippen molar-refractivity contribution in [2.45, 2.75) is 38.0 Å². The van der Waals surface area contributed by atoms with Crippen LogP contribution in [0.1, 0.15) is 32.2 Å². The van der Waals surface area contributed by atoms with E-state index in [2.05, 4.69) is 22.8 Å². The summed E-state index contributed by atoms with van der Waals surface area (Å²) in [6, 6.07) is 8.39. The summed E-state index contributed by atoms with van der Waals surface area (Å²) in [6.07, 6.45) is 3.00. The molecule has 4 rings (SSSR count). The lowest BCUT2D eigenvalue weighted by molar-refractivity contribution is -0.216. The van der Waals surface area contributed by atoms with Gasteiger partial charge in [-0.15, -0.1) is 0 Å². The normalized spacial score (nSPS) is 28.5. The minimum absolute atomic E-state index is 0.275. The predicted octanol–water partition coefficient (Wildman–Crippen LogP) is 3.79. The number of ether oxygens (including phenoxy) is 2. The van der Waals surface area contributed by atoms with E-state index in [0.717, 1.165) is 30.2 Å². The van der Waals surface area contributed by atoms with Gasteiger partial charge in [-0.3, -0.25) is 4.68 Å². The molecular weight excluding hydrogens is 288 g/mol. The molecule has 21 heavy (non-hydrogen) atoms. The SMILES string of the molecule is CC1CC[C@H](n2nc(Cl)c3ccccc32)CC12OCCO2. The summed E-state index contributed by atoms with van der Waals surface area (Å²) in [6.45, 7) is 3.60. The Balaban J connectivity index is 1.72. The lowest BCUT2D eigenvalue weighted by Gasteiger charge is -2.41. The number of fused-ring (bicyclic) bond motifs is 1. The molecule has 1 spiro atoms. The van der Waals surface area contributed by atoms with E-state index in [-0.39, 0.29) is 6.04 Å². The minimum atomic E-state index is -0.428. The number of hydrogen-bond acceptors (Lipinski definition) is 3. The Morgan fingerprint density at radius 1 is 1.24 bits per heavy atom. The summed E-state index contributed by atoms with van der Waals surface area (Å²) >= 11 is 6.28. The van der Waals surface area contributed by atoms with Gasteiger partial charge in [0.2, 0.25) is 0 Å². The van der Waals surface area contributed by atoms with Crippen LogP contribution < -0.4 is 0 Å². The molecular formula is C16H19ClN2O2. The zero-order valence-electron chi connectivity index (χ0n) is 12.1. The van der Waals surface area contributed by atoms with E-state index < -0.39 is 5.79 Å². The molecule has 2 fully saturated rings. The lowest BCUT2D eigenvalue weighted by Crippen LogP contribution is -2.44. The van der Waals surface area contributed by atoms with Crippen LogP contribution in [-0.2, 0) is 9.47 Å². The van der Waals surface area contributed by atoms with Crippen molar-refractivity contribution in [2.75, 3.05) is 13.2 Å². The first-order chi connectivity index (χ1) is 10.2. The van der Waals surface area contributed by atoms with Crippen molar-refractivity contribution in [3.63, 3.8) is 0 Å². The summed E-state index contributed by atoms with van der Waals surface area (Å²) in [4.78, 5) is 0. The van der Waals surface area contributed by atoms with Gasteiger partial charge in [0.25, 0.3) is 0 Å². The molecule has 112 valence electrons. The molecule has 0 bridgehead atoms. The highest BCUT2D eigenvalue weighted by Gasteiger charge is 2.47. The molecule has 0 amide bonds. The van der Waals surface area contributed by atoms with Gasteiger partial charge < -0.3 is 9.47 Å². The average molecular weight is 307 g/mol. The molecule has 0 radical (unpaired) electrons. The largest absolute Gasteiger partial charge is 0.347 e. The zero-order chi connectivity index (χ0) is 14.4. The van der Waals surface area contributed by atoms with E-state index in [1.807, 2.05) is 18.2 Å². The van der Waals surface area contributed by atoms with E-state index in [0.29, 0.717) is 24.3 Å². The van der Waals surface area contributed by atoms with Crippen molar-refractivity contribution in [3.05, 3.63) is 29.4 Å². The summed E-state index contributed by atoms with van der Waals surface area (Å²) in [7, 11) is 0. The minimum Gasteiger partial charge on any atom is -0.347 e. The van der Waals surface area contributed by atoms with E-state index in [1.165, 1.54) is 0 Å². The van der Waals surface area contributed by atoms with Crippen molar-refractivity contribution in [1.82, 2.24) is 9.78 Å².